The maximum atomic E-state index is 6.04. The molecule has 3 fully saturated rings. The Morgan fingerprint density at radius 3 is 2.07 bits per heavy atom. The summed E-state index contributed by atoms with van der Waals surface area (Å²) in [5.74, 6) is 1.05. The highest BCUT2D eigenvalue weighted by Crippen LogP contribution is 2.39. The Morgan fingerprint density at radius 2 is 1.57 bits per heavy atom. The highest BCUT2D eigenvalue weighted by Gasteiger charge is 2.41. The summed E-state index contributed by atoms with van der Waals surface area (Å²) in [7, 11) is 0. The number of nitrogens with two attached hydrogens (primary N) is 1. The fraction of sp³-hybridized carbons (Fsp3) is 1.00. The van der Waals surface area contributed by atoms with Gasteiger partial charge in [-0.05, 0) is 44.4 Å². The monoisotopic (exact) mass is 216 g/mol. The molecule has 14 heavy (non-hydrogen) atoms. The number of nitrogens with zero attached hydrogens (tertiary/aromatic N) is 1. The van der Waals surface area contributed by atoms with E-state index in [0.29, 0.717) is 6.04 Å². The van der Waals surface area contributed by atoms with Crippen LogP contribution in [-0.4, -0.2) is 29.6 Å². The van der Waals surface area contributed by atoms with Crippen LogP contribution in [0.25, 0.3) is 0 Å². The first-order valence-corrected chi connectivity index (χ1v) is 5.84. The van der Waals surface area contributed by atoms with Gasteiger partial charge in [0, 0.05) is 24.7 Å². The largest absolute Gasteiger partial charge is 0.328 e. The average Bonchev–Trinajstić information content (AvgIpc) is 2.83. The second-order valence-electron chi connectivity index (χ2n) is 5.26. The predicted octanol–water partition coefficient (Wildman–Crippen LogP) is 1.77. The Morgan fingerprint density at radius 1 is 1.00 bits per heavy atom. The second kappa shape index (κ2) is 3.99. The average molecular weight is 217 g/mol. The van der Waals surface area contributed by atoms with Crippen LogP contribution in [0.1, 0.15) is 38.5 Å². The van der Waals surface area contributed by atoms with Crippen LogP contribution in [0, 0.1) is 5.92 Å². The molecule has 1 saturated carbocycles. The minimum atomic E-state index is 0. The smallest absolute Gasteiger partial charge is 0.0114 e. The summed E-state index contributed by atoms with van der Waals surface area (Å²) in [4.78, 5) is 2.78. The molecule has 0 aromatic rings. The Labute approximate surface area is 92.6 Å². The molecular weight excluding hydrogens is 196 g/mol. The summed E-state index contributed by atoms with van der Waals surface area (Å²) in [5, 5.41) is 0. The Kier molecular flexibility index (Phi) is 3.06. The molecule has 0 aromatic carbocycles. The molecule has 0 amide bonds. The van der Waals surface area contributed by atoms with Crippen LogP contribution >= 0.6 is 12.4 Å². The number of fused-ring (bicyclic) bond motifs is 2. The highest BCUT2D eigenvalue weighted by atomic mass is 35.5. The van der Waals surface area contributed by atoms with Gasteiger partial charge in [0.1, 0.15) is 0 Å². The molecule has 2 nitrogen and oxygen atoms in total. The van der Waals surface area contributed by atoms with Gasteiger partial charge in [-0.2, -0.15) is 0 Å². The zero-order valence-corrected chi connectivity index (χ0v) is 9.51. The van der Waals surface area contributed by atoms with E-state index in [1.807, 2.05) is 0 Å². The van der Waals surface area contributed by atoms with Crippen LogP contribution in [0.4, 0.5) is 0 Å². The van der Waals surface area contributed by atoms with Crippen LogP contribution in [0.15, 0.2) is 0 Å². The SMILES string of the molecule is Cl.NC1CC2CCC(C1)N2CC1CC1. The number of hydrogen-bond donors (Lipinski definition) is 1. The molecule has 82 valence electrons. The van der Waals surface area contributed by atoms with Crippen molar-refractivity contribution in [1.29, 1.82) is 0 Å². The van der Waals surface area contributed by atoms with E-state index in [0.717, 1.165) is 18.0 Å². The molecule has 3 rings (SSSR count). The zero-order chi connectivity index (χ0) is 8.84. The molecule has 3 heteroatoms. The van der Waals surface area contributed by atoms with E-state index < -0.39 is 0 Å². The van der Waals surface area contributed by atoms with E-state index in [4.69, 9.17) is 5.73 Å². The molecule has 3 aliphatic rings. The van der Waals surface area contributed by atoms with E-state index in [1.165, 1.54) is 45.1 Å². The predicted molar refractivity (Wildman–Crippen MR) is 60.7 cm³/mol. The summed E-state index contributed by atoms with van der Waals surface area (Å²) in [5.41, 5.74) is 6.04. The van der Waals surface area contributed by atoms with Crippen molar-refractivity contribution >= 4 is 12.4 Å². The van der Waals surface area contributed by atoms with Gasteiger partial charge in [0.15, 0.2) is 0 Å². The van der Waals surface area contributed by atoms with E-state index >= 15 is 0 Å². The Balaban J connectivity index is 0.000000750. The molecule has 2 atom stereocenters. The van der Waals surface area contributed by atoms with Crippen LogP contribution in [0.5, 0.6) is 0 Å². The first-order chi connectivity index (χ1) is 6.33. The third kappa shape index (κ3) is 1.93. The fourth-order valence-corrected chi connectivity index (χ4v) is 3.21. The summed E-state index contributed by atoms with van der Waals surface area (Å²) in [6.45, 7) is 1.39. The molecule has 0 radical (unpaired) electrons. The Bertz CT molecular complexity index is 191. The van der Waals surface area contributed by atoms with Crippen molar-refractivity contribution in [2.24, 2.45) is 11.7 Å². The summed E-state index contributed by atoms with van der Waals surface area (Å²) >= 11 is 0. The number of rotatable bonds is 2. The number of halogens is 1. The van der Waals surface area contributed by atoms with E-state index in [9.17, 15) is 0 Å². The maximum absolute atomic E-state index is 6.04. The summed E-state index contributed by atoms with van der Waals surface area (Å²) in [6.07, 6.45) is 8.35. The molecule has 0 spiro atoms. The minimum absolute atomic E-state index is 0. The maximum Gasteiger partial charge on any atom is 0.0114 e. The number of hydrogen-bond acceptors (Lipinski definition) is 2. The lowest BCUT2D eigenvalue weighted by atomic mass is 9.98. The highest BCUT2D eigenvalue weighted by molar-refractivity contribution is 5.85. The molecule has 2 saturated heterocycles. The van der Waals surface area contributed by atoms with Gasteiger partial charge in [-0.15, -0.1) is 12.4 Å². The lowest BCUT2D eigenvalue weighted by molar-refractivity contribution is 0.122. The third-order valence-electron chi connectivity index (χ3n) is 4.09. The molecule has 2 heterocycles. The topological polar surface area (TPSA) is 29.3 Å². The molecule has 2 bridgehead atoms. The van der Waals surface area contributed by atoms with E-state index in [-0.39, 0.29) is 12.4 Å². The van der Waals surface area contributed by atoms with Gasteiger partial charge < -0.3 is 5.73 Å². The molecule has 2 unspecified atom stereocenters. The van der Waals surface area contributed by atoms with Crippen molar-refractivity contribution in [2.75, 3.05) is 6.54 Å². The van der Waals surface area contributed by atoms with Crippen LogP contribution < -0.4 is 5.73 Å². The van der Waals surface area contributed by atoms with Gasteiger partial charge in [0.2, 0.25) is 0 Å². The quantitative estimate of drug-likeness (QED) is 0.763. The number of piperidine rings is 1. The minimum Gasteiger partial charge on any atom is -0.328 e. The van der Waals surface area contributed by atoms with Crippen LogP contribution in [0.3, 0.4) is 0 Å². The van der Waals surface area contributed by atoms with Crippen molar-refractivity contribution in [1.82, 2.24) is 4.90 Å². The van der Waals surface area contributed by atoms with Gasteiger partial charge >= 0.3 is 0 Å². The van der Waals surface area contributed by atoms with Crippen molar-refractivity contribution in [3.8, 4) is 0 Å². The van der Waals surface area contributed by atoms with Crippen molar-refractivity contribution in [3.63, 3.8) is 0 Å². The van der Waals surface area contributed by atoms with E-state index in [1.54, 1.807) is 0 Å². The normalized spacial score (nSPS) is 42.2. The molecule has 2 N–H and O–H groups in total. The van der Waals surface area contributed by atoms with Crippen molar-refractivity contribution in [2.45, 2.75) is 56.7 Å². The van der Waals surface area contributed by atoms with Crippen LogP contribution in [0.2, 0.25) is 0 Å². The van der Waals surface area contributed by atoms with Crippen LogP contribution in [-0.2, 0) is 0 Å². The van der Waals surface area contributed by atoms with Gasteiger partial charge in [0.05, 0.1) is 0 Å². The van der Waals surface area contributed by atoms with Gasteiger partial charge in [-0.25, -0.2) is 0 Å². The molecule has 1 aliphatic carbocycles. The van der Waals surface area contributed by atoms with Crippen molar-refractivity contribution in [3.05, 3.63) is 0 Å². The van der Waals surface area contributed by atoms with Gasteiger partial charge in [-0.1, -0.05) is 0 Å². The third-order valence-corrected chi connectivity index (χ3v) is 4.09. The first kappa shape index (κ1) is 10.7. The lowest BCUT2D eigenvalue weighted by Crippen LogP contribution is -2.48. The molecular formula is C11H21ClN2. The summed E-state index contributed by atoms with van der Waals surface area (Å²) < 4.78 is 0. The molecule has 0 aromatic heterocycles. The van der Waals surface area contributed by atoms with Gasteiger partial charge in [-0.3, -0.25) is 4.90 Å². The molecule has 2 aliphatic heterocycles. The second-order valence-corrected chi connectivity index (χ2v) is 5.26. The van der Waals surface area contributed by atoms with E-state index in [2.05, 4.69) is 4.90 Å². The van der Waals surface area contributed by atoms with Crippen molar-refractivity contribution < 1.29 is 0 Å². The Hall–Kier alpha value is 0.210. The first-order valence-electron chi connectivity index (χ1n) is 5.84. The fourth-order valence-electron chi connectivity index (χ4n) is 3.21. The zero-order valence-electron chi connectivity index (χ0n) is 8.69. The standard InChI is InChI=1S/C11H20N2.ClH/c12-9-5-10-3-4-11(6-9)13(10)7-8-1-2-8;/h8-11H,1-7,12H2;1H. The lowest BCUT2D eigenvalue weighted by Gasteiger charge is -2.37. The summed E-state index contributed by atoms with van der Waals surface area (Å²) in [6, 6.07) is 2.22. The van der Waals surface area contributed by atoms with Gasteiger partial charge in [0.25, 0.3) is 0 Å².